The smallest absolute Gasteiger partial charge is 0.205 e. The zero-order chi connectivity index (χ0) is 33.6. The summed E-state index contributed by atoms with van der Waals surface area (Å²) in [5.41, 5.74) is 9.33. The van der Waals surface area contributed by atoms with E-state index in [2.05, 4.69) is 121 Å². The maximum Gasteiger partial charge on any atom is 0.205 e. The van der Waals surface area contributed by atoms with Gasteiger partial charge in [-0.05, 0) is 51.9 Å². The molecule has 2 heterocycles. The van der Waals surface area contributed by atoms with Crippen LogP contribution in [0.3, 0.4) is 0 Å². The zero-order valence-electron chi connectivity index (χ0n) is 27.9. The van der Waals surface area contributed by atoms with E-state index in [1.807, 2.05) is 37.3 Å². The van der Waals surface area contributed by atoms with E-state index in [9.17, 15) is 5.11 Å². The van der Waals surface area contributed by atoms with Crippen LogP contribution in [0.4, 0.5) is 0 Å². The highest BCUT2D eigenvalue weighted by Crippen LogP contribution is 2.40. The molecule has 0 unspecified atom stereocenters. The lowest BCUT2D eigenvalue weighted by atomic mass is 9.77. The summed E-state index contributed by atoms with van der Waals surface area (Å²) in [7, 11) is 0. The Labute approximate surface area is 287 Å². The summed E-state index contributed by atoms with van der Waals surface area (Å²) in [6.45, 7) is 5.01. The van der Waals surface area contributed by atoms with E-state index < -0.39 is 5.54 Å². The summed E-state index contributed by atoms with van der Waals surface area (Å²) in [4.78, 5) is 1.77. The molecule has 0 aliphatic rings. The van der Waals surface area contributed by atoms with Crippen molar-refractivity contribution in [2.75, 3.05) is 0 Å². The Morgan fingerprint density at radius 2 is 1.20 bits per heavy atom. The molecule has 7 aromatic rings. The zero-order valence-corrected chi connectivity index (χ0v) is 27.9. The molecule has 7 rings (SSSR count). The third-order valence-corrected chi connectivity index (χ3v) is 9.34. The Kier molecular flexibility index (Phi) is 9.26. The van der Waals surface area contributed by atoms with Gasteiger partial charge in [0.15, 0.2) is 5.54 Å². The first-order chi connectivity index (χ1) is 24.1. The molecular weight excluding hydrogens is 605 g/mol. The van der Waals surface area contributed by atoms with Crippen LogP contribution >= 0.6 is 0 Å². The number of benzene rings is 5. The van der Waals surface area contributed by atoms with E-state index in [0.29, 0.717) is 12.2 Å². The summed E-state index contributed by atoms with van der Waals surface area (Å²) in [5.74, 6) is 0.551. The molecule has 1 N–H and O–H groups in total. The second-order valence-electron chi connectivity index (χ2n) is 12.4. The van der Waals surface area contributed by atoms with Crippen molar-refractivity contribution in [3.8, 4) is 22.5 Å². The lowest BCUT2D eigenvalue weighted by Gasteiger charge is -2.34. The molecule has 2 aromatic heterocycles. The van der Waals surface area contributed by atoms with E-state index in [-0.39, 0.29) is 6.61 Å². The molecule has 244 valence electrons. The van der Waals surface area contributed by atoms with Crippen molar-refractivity contribution in [3.63, 3.8) is 0 Å². The Balaban J connectivity index is 1.28. The van der Waals surface area contributed by atoms with Gasteiger partial charge in [0.05, 0.1) is 12.3 Å². The van der Waals surface area contributed by atoms with Gasteiger partial charge < -0.3 is 5.11 Å². The molecule has 0 radical (unpaired) electrons. The van der Waals surface area contributed by atoms with Gasteiger partial charge in [-0.3, -0.25) is 4.68 Å². The quantitative estimate of drug-likeness (QED) is 0.136. The van der Waals surface area contributed by atoms with E-state index >= 15 is 0 Å². The molecular formula is C42H40N6O. The van der Waals surface area contributed by atoms with Gasteiger partial charge in [-0.25, -0.2) is 0 Å². The van der Waals surface area contributed by atoms with Crippen molar-refractivity contribution in [2.24, 2.45) is 0 Å². The summed E-state index contributed by atoms with van der Waals surface area (Å²) in [6.07, 6.45) is 2.85. The van der Waals surface area contributed by atoms with Crippen LogP contribution in [0.15, 0.2) is 140 Å². The third kappa shape index (κ3) is 6.09. The van der Waals surface area contributed by atoms with E-state index in [1.165, 1.54) is 0 Å². The summed E-state index contributed by atoms with van der Waals surface area (Å²) in [5, 5.41) is 29.5. The predicted molar refractivity (Wildman–Crippen MR) is 194 cm³/mol. The highest BCUT2D eigenvalue weighted by molar-refractivity contribution is 5.80. The van der Waals surface area contributed by atoms with Gasteiger partial charge in [0, 0.05) is 29.8 Å². The van der Waals surface area contributed by atoms with Crippen molar-refractivity contribution in [2.45, 2.75) is 51.8 Å². The maximum absolute atomic E-state index is 10.1. The van der Waals surface area contributed by atoms with Gasteiger partial charge in [-0.15, -0.1) is 15.0 Å². The van der Waals surface area contributed by atoms with Crippen LogP contribution in [-0.2, 0) is 25.1 Å². The minimum atomic E-state index is -0.846. The number of rotatable bonds is 12. The van der Waals surface area contributed by atoms with Crippen molar-refractivity contribution in [1.82, 2.24) is 30.0 Å². The van der Waals surface area contributed by atoms with Crippen LogP contribution in [0, 0.1) is 6.92 Å². The molecule has 7 nitrogen and oxygen atoms in total. The van der Waals surface area contributed by atoms with Crippen LogP contribution in [0.5, 0.6) is 0 Å². The lowest BCUT2D eigenvalue weighted by Crippen LogP contribution is -2.39. The number of unbranched alkanes of at least 4 members (excludes halogenated alkanes) is 1. The Hall–Kier alpha value is -5.66. The number of aliphatic hydroxyl groups is 1. The van der Waals surface area contributed by atoms with Gasteiger partial charge in [0.25, 0.3) is 0 Å². The third-order valence-electron chi connectivity index (χ3n) is 9.34. The lowest BCUT2D eigenvalue weighted by molar-refractivity contribution is 0.279. The number of hydrogen-bond donors (Lipinski definition) is 1. The number of hydrogen-bond acceptors (Lipinski definition) is 5. The number of tetrazole rings is 1. The molecule has 0 fully saturated rings. The van der Waals surface area contributed by atoms with Gasteiger partial charge in [-0.2, -0.15) is 5.10 Å². The predicted octanol–water partition coefficient (Wildman–Crippen LogP) is 8.24. The van der Waals surface area contributed by atoms with Gasteiger partial charge in [0.2, 0.25) is 5.82 Å². The van der Waals surface area contributed by atoms with Crippen LogP contribution < -0.4 is 0 Å². The number of nitrogens with zero attached hydrogens (tertiary/aromatic N) is 6. The molecule has 0 aliphatic carbocycles. The van der Waals surface area contributed by atoms with Crippen LogP contribution in [0.2, 0.25) is 0 Å². The standard InChI is InChI=1S/C42H40N6O/c1-3-4-28-47-40(39(30-49)31(2)44-47)29-32-24-26-33(27-25-32)37-22-14-15-23-38(37)41-43-46-48(45-41)42(34-16-8-5-9-17-34,35-18-10-6-11-19-35)36-20-12-7-13-21-36/h5-27,49H,3-4,28-30H2,1-2H3. The van der Waals surface area contributed by atoms with E-state index in [4.69, 9.17) is 20.5 Å². The average molecular weight is 645 g/mol. The Bertz CT molecular complexity index is 2020. The molecule has 0 amide bonds. The molecule has 0 bridgehead atoms. The first-order valence-electron chi connectivity index (χ1n) is 16.9. The maximum atomic E-state index is 10.1. The second kappa shape index (κ2) is 14.2. The number of aliphatic hydroxyl groups excluding tert-OH is 1. The number of aryl methyl sites for hydroxylation is 2. The molecule has 0 aliphatic heterocycles. The van der Waals surface area contributed by atoms with E-state index in [1.54, 1.807) is 4.80 Å². The van der Waals surface area contributed by atoms with Crippen molar-refractivity contribution in [3.05, 3.63) is 179 Å². The SMILES string of the molecule is CCCCn1nc(C)c(CO)c1Cc1ccc(-c2ccccc2-c2nnn(C(c3ccccc3)(c3ccccc3)c3ccccc3)n2)cc1. The van der Waals surface area contributed by atoms with Crippen molar-refractivity contribution >= 4 is 0 Å². The fourth-order valence-corrected chi connectivity index (χ4v) is 6.84. The number of aromatic nitrogens is 6. The molecule has 49 heavy (non-hydrogen) atoms. The minimum Gasteiger partial charge on any atom is -0.392 e. The summed E-state index contributed by atoms with van der Waals surface area (Å²) in [6, 6.07) is 48.0. The van der Waals surface area contributed by atoms with Crippen molar-refractivity contribution in [1.29, 1.82) is 0 Å². The van der Waals surface area contributed by atoms with E-state index in [0.717, 1.165) is 75.3 Å². The Morgan fingerprint density at radius 3 is 1.76 bits per heavy atom. The summed E-state index contributed by atoms with van der Waals surface area (Å²) >= 11 is 0. The molecule has 0 atom stereocenters. The molecule has 5 aromatic carbocycles. The highest BCUT2D eigenvalue weighted by Gasteiger charge is 2.41. The summed E-state index contributed by atoms with van der Waals surface area (Å²) < 4.78 is 2.07. The first-order valence-corrected chi connectivity index (χ1v) is 16.9. The largest absolute Gasteiger partial charge is 0.392 e. The Morgan fingerprint density at radius 1 is 0.653 bits per heavy atom. The van der Waals surface area contributed by atoms with Gasteiger partial charge in [-0.1, -0.05) is 153 Å². The minimum absolute atomic E-state index is 0.00740. The topological polar surface area (TPSA) is 81.6 Å². The molecule has 0 saturated heterocycles. The first kappa shape index (κ1) is 31.9. The highest BCUT2D eigenvalue weighted by atomic mass is 16.3. The molecule has 7 heteroatoms. The monoisotopic (exact) mass is 644 g/mol. The van der Waals surface area contributed by atoms with Gasteiger partial charge >= 0.3 is 0 Å². The van der Waals surface area contributed by atoms with Crippen LogP contribution in [-0.4, -0.2) is 35.1 Å². The fraction of sp³-hybridized carbons (Fsp3) is 0.190. The normalized spacial score (nSPS) is 11.6. The van der Waals surface area contributed by atoms with Gasteiger partial charge in [0.1, 0.15) is 0 Å². The molecule has 0 spiro atoms. The second-order valence-corrected chi connectivity index (χ2v) is 12.4. The van der Waals surface area contributed by atoms with Crippen molar-refractivity contribution < 1.29 is 5.11 Å². The molecule has 0 saturated carbocycles. The fourth-order valence-electron chi connectivity index (χ4n) is 6.84. The van der Waals surface area contributed by atoms with Crippen LogP contribution in [0.25, 0.3) is 22.5 Å². The average Bonchev–Trinajstić information content (AvgIpc) is 3.77. The van der Waals surface area contributed by atoms with Crippen LogP contribution in [0.1, 0.15) is 59.0 Å².